The van der Waals surface area contributed by atoms with E-state index in [4.69, 9.17) is 16.3 Å². The second-order valence-corrected chi connectivity index (χ2v) is 4.72. The van der Waals surface area contributed by atoms with E-state index in [2.05, 4.69) is 0 Å². The lowest BCUT2D eigenvalue weighted by Gasteiger charge is -2.04. The molecule has 0 aliphatic rings. The molecular weight excluding hydrogens is 244 g/mol. The van der Waals surface area contributed by atoms with Gasteiger partial charge in [-0.1, -0.05) is 35.5 Å². The zero-order valence-corrected chi connectivity index (χ0v) is 10.8. The molecule has 0 radical (unpaired) electrons. The van der Waals surface area contributed by atoms with E-state index in [1.54, 1.807) is 20.1 Å². The highest BCUT2D eigenvalue weighted by Gasteiger charge is 1.99. The van der Waals surface area contributed by atoms with E-state index in [1.165, 1.54) is 11.8 Å². The van der Waals surface area contributed by atoms with E-state index >= 15 is 0 Å². The summed E-state index contributed by atoms with van der Waals surface area (Å²) in [6, 6.07) is 5.46. The van der Waals surface area contributed by atoms with Crippen molar-refractivity contribution in [3.63, 3.8) is 0 Å². The molecule has 0 N–H and O–H groups in total. The molecule has 4 heteroatoms. The first-order valence-electron chi connectivity index (χ1n) is 4.77. The quantitative estimate of drug-likeness (QED) is 0.823. The van der Waals surface area contributed by atoms with Gasteiger partial charge in [0.1, 0.15) is 5.75 Å². The zero-order valence-electron chi connectivity index (χ0n) is 9.20. The van der Waals surface area contributed by atoms with Gasteiger partial charge in [0.2, 0.25) is 0 Å². The molecule has 1 aromatic carbocycles. The number of thioether (sulfide) groups is 1. The number of carbonyl (C=O) groups is 1. The number of hydrogen-bond donors (Lipinski definition) is 0. The molecule has 86 valence electrons. The highest BCUT2D eigenvalue weighted by molar-refractivity contribution is 8.13. The Morgan fingerprint density at radius 1 is 1.56 bits per heavy atom. The van der Waals surface area contributed by atoms with Gasteiger partial charge >= 0.3 is 0 Å². The number of halogens is 1. The normalized spacial score (nSPS) is 10.7. The molecule has 0 saturated heterocycles. The average molecular weight is 257 g/mol. The maximum Gasteiger partial charge on any atom is 0.186 e. The standard InChI is InChI=1S/C12H13ClO2S/c1-9(14)16-7-3-4-10-5-6-11(13)8-12(10)15-2/h3-6,8H,7H2,1-2H3. The molecule has 1 aromatic rings. The molecule has 0 atom stereocenters. The summed E-state index contributed by atoms with van der Waals surface area (Å²) in [7, 11) is 1.60. The van der Waals surface area contributed by atoms with Crippen LogP contribution < -0.4 is 4.74 Å². The Labute approximate surface area is 105 Å². The van der Waals surface area contributed by atoms with Gasteiger partial charge in [0, 0.05) is 23.3 Å². The summed E-state index contributed by atoms with van der Waals surface area (Å²) in [6.07, 6.45) is 3.85. The average Bonchev–Trinajstić information content (AvgIpc) is 2.25. The zero-order chi connectivity index (χ0) is 12.0. The topological polar surface area (TPSA) is 26.3 Å². The first-order chi connectivity index (χ1) is 7.63. The van der Waals surface area contributed by atoms with E-state index in [1.807, 2.05) is 24.3 Å². The summed E-state index contributed by atoms with van der Waals surface area (Å²) >= 11 is 7.12. The molecule has 0 aromatic heterocycles. The smallest absolute Gasteiger partial charge is 0.186 e. The number of carbonyl (C=O) groups excluding carboxylic acids is 1. The van der Waals surface area contributed by atoms with Crippen LogP contribution in [0.1, 0.15) is 12.5 Å². The molecular formula is C12H13ClO2S. The molecule has 0 aliphatic carbocycles. The van der Waals surface area contributed by atoms with Crippen LogP contribution in [0, 0.1) is 0 Å². The van der Waals surface area contributed by atoms with E-state index in [0.717, 1.165) is 11.3 Å². The van der Waals surface area contributed by atoms with Crippen LogP contribution in [0.3, 0.4) is 0 Å². The van der Waals surface area contributed by atoms with Crippen molar-refractivity contribution in [2.24, 2.45) is 0 Å². The Hall–Kier alpha value is -0.930. The number of methoxy groups -OCH3 is 1. The van der Waals surface area contributed by atoms with Crippen molar-refractivity contribution in [2.75, 3.05) is 12.9 Å². The maximum atomic E-state index is 10.7. The van der Waals surface area contributed by atoms with Gasteiger partial charge in [0.15, 0.2) is 5.12 Å². The van der Waals surface area contributed by atoms with Gasteiger partial charge < -0.3 is 4.74 Å². The second-order valence-electron chi connectivity index (χ2n) is 3.09. The molecule has 2 nitrogen and oxygen atoms in total. The lowest BCUT2D eigenvalue weighted by atomic mass is 10.2. The molecule has 0 heterocycles. The van der Waals surface area contributed by atoms with Gasteiger partial charge in [-0.15, -0.1) is 0 Å². The van der Waals surface area contributed by atoms with Crippen LogP contribution in [0.25, 0.3) is 6.08 Å². The third-order valence-electron chi connectivity index (χ3n) is 1.88. The van der Waals surface area contributed by atoms with Crippen LogP contribution in [0.2, 0.25) is 5.02 Å². The third kappa shape index (κ3) is 4.29. The molecule has 0 aliphatic heterocycles. The van der Waals surface area contributed by atoms with Crippen LogP contribution in [0.5, 0.6) is 5.75 Å². The molecule has 0 fully saturated rings. The van der Waals surface area contributed by atoms with Crippen molar-refractivity contribution in [1.82, 2.24) is 0 Å². The lowest BCUT2D eigenvalue weighted by Crippen LogP contribution is -1.87. The van der Waals surface area contributed by atoms with Gasteiger partial charge in [-0.25, -0.2) is 0 Å². The summed E-state index contributed by atoms with van der Waals surface area (Å²) in [5.74, 6) is 1.40. The van der Waals surface area contributed by atoms with Gasteiger partial charge in [0.05, 0.1) is 7.11 Å². The van der Waals surface area contributed by atoms with Crippen LogP contribution >= 0.6 is 23.4 Å². The second kappa shape index (κ2) is 6.61. The predicted molar refractivity (Wildman–Crippen MR) is 70.2 cm³/mol. The highest BCUT2D eigenvalue weighted by Crippen LogP contribution is 2.24. The van der Waals surface area contributed by atoms with Gasteiger partial charge in [0.25, 0.3) is 0 Å². The van der Waals surface area contributed by atoms with Crippen molar-refractivity contribution < 1.29 is 9.53 Å². The van der Waals surface area contributed by atoms with Crippen molar-refractivity contribution in [1.29, 1.82) is 0 Å². The first kappa shape index (κ1) is 13.1. The van der Waals surface area contributed by atoms with Crippen molar-refractivity contribution in [3.05, 3.63) is 34.9 Å². The maximum absolute atomic E-state index is 10.7. The number of ether oxygens (including phenoxy) is 1. The number of rotatable bonds is 4. The minimum atomic E-state index is 0.118. The SMILES string of the molecule is COc1cc(Cl)ccc1C=CCSC(C)=O. The van der Waals surface area contributed by atoms with Gasteiger partial charge in [-0.05, 0) is 18.2 Å². The Morgan fingerprint density at radius 3 is 2.94 bits per heavy atom. The summed E-state index contributed by atoms with van der Waals surface area (Å²) in [4.78, 5) is 10.7. The fraction of sp³-hybridized carbons (Fsp3) is 0.250. The Morgan fingerprint density at radius 2 is 2.31 bits per heavy atom. The summed E-state index contributed by atoms with van der Waals surface area (Å²) in [6.45, 7) is 1.56. The highest BCUT2D eigenvalue weighted by atomic mass is 35.5. The fourth-order valence-electron chi connectivity index (χ4n) is 1.16. The molecule has 0 saturated carbocycles. The largest absolute Gasteiger partial charge is 0.496 e. The van der Waals surface area contributed by atoms with Crippen LogP contribution in [-0.2, 0) is 4.79 Å². The van der Waals surface area contributed by atoms with Crippen molar-refractivity contribution >= 4 is 34.6 Å². The molecule has 16 heavy (non-hydrogen) atoms. The van der Waals surface area contributed by atoms with Crippen molar-refractivity contribution in [3.8, 4) is 5.75 Å². The minimum absolute atomic E-state index is 0.118. The summed E-state index contributed by atoms with van der Waals surface area (Å²) in [5, 5.41) is 0.764. The molecule has 0 spiro atoms. The monoisotopic (exact) mass is 256 g/mol. The molecule has 0 bridgehead atoms. The number of hydrogen-bond acceptors (Lipinski definition) is 3. The van der Waals surface area contributed by atoms with E-state index in [-0.39, 0.29) is 5.12 Å². The van der Waals surface area contributed by atoms with E-state index in [0.29, 0.717) is 10.8 Å². The van der Waals surface area contributed by atoms with Gasteiger partial charge in [-0.3, -0.25) is 4.79 Å². The Bertz CT molecular complexity index is 402. The first-order valence-corrected chi connectivity index (χ1v) is 6.13. The van der Waals surface area contributed by atoms with E-state index < -0.39 is 0 Å². The Kier molecular flexibility index (Phi) is 5.43. The minimum Gasteiger partial charge on any atom is -0.496 e. The lowest BCUT2D eigenvalue weighted by molar-refractivity contribution is -0.109. The van der Waals surface area contributed by atoms with Crippen LogP contribution in [0.4, 0.5) is 0 Å². The number of benzene rings is 1. The van der Waals surface area contributed by atoms with E-state index in [9.17, 15) is 4.79 Å². The third-order valence-corrected chi connectivity index (χ3v) is 2.88. The predicted octanol–water partition coefficient (Wildman–Crippen LogP) is 3.64. The van der Waals surface area contributed by atoms with Crippen LogP contribution in [-0.4, -0.2) is 18.0 Å². The van der Waals surface area contributed by atoms with Gasteiger partial charge in [-0.2, -0.15) is 0 Å². The molecule has 0 unspecified atom stereocenters. The molecule has 1 rings (SSSR count). The van der Waals surface area contributed by atoms with Crippen LogP contribution in [0.15, 0.2) is 24.3 Å². The fourth-order valence-corrected chi connectivity index (χ4v) is 1.75. The summed E-state index contributed by atoms with van der Waals surface area (Å²) in [5.41, 5.74) is 0.955. The summed E-state index contributed by atoms with van der Waals surface area (Å²) < 4.78 is 5.19. The Balaban J connectivity index is 2.69. The van der Waals surface area contributed by atoms with Crippen molar-refractivity contribution in [2.45, 2.75) is 6.92 Å². The molecule has 0 amide bonds.